The highest BCUT2D eigenvalue weighted by Crippen LogP contribution is 2.25. The first-order valence-electron chi connectivity index (χ1n) is 9.79. The third-order valence-corrected chi connectivity index (χ3v) is 6.71. The Morgan fingerprint density at radius 1 is 1.24 bits per heavy atom. The van der Waals surface area contributed by atoms with Crippen LogP contribution in [0.25, 0.3) is 0 Å². The summed E-state index contributed by atoms with van der Waals surface area (Å²) in [6.45, 7) is 1.28. The predicted octanol–water partition coefficient (Wildman–Crippen LogP) is 1.92. The maximum absolute atomic E-state index is 12.9. The fourth-order valence-electron chi connectivity index (χ4n) is 3.67. The van der Waals surface area contributed by atoms with E-state index in [1.54, 1.807) is 28.8 Å². The van der Waals surface area contributed by atoms with Gasteiger partial charge in [0.25, 0.3) is 0 Å². The molecule has 1 aromatic carbocycles. The van der Waals surface area contributed by atoms with Crippen LogP contribution in [0.2, 0.25) is 5.02 Å². The van der Waals surface area contributed by atoms with Gasteiger partial charge < -0.3 is 15.3 Å². The van der Waals surface area contributed by atoms with Gasteiger partial charge in [-0.3, -0.25) is 19.7 Å². The highest BCUT2D eigenvalue weighted by molar-refractivity contribution is 7.99. The smallest absolute Gasteiger partial charge is 0.306 e. The van der Waals surface area contributed by atoms with E-state index in [1.807, 2.05) is 12.1 Å². The number of carboxylic acids is 1. The molecule has 2 heterocycles. The molecule has 0 bridgehead atoms. The second-order valence-electron chi connectivity index (χ2n) is 7.46. The average molecular weight is 440 g/mol. The van der Waals surface area contributed by atoms with E-state index in [0.717, 1.165) is 17.2 Å². The van der Waals surface area contributed by atoms with Crippen LogP contribution in [0.1, 0.15) is 30.7 Å². The first-order chi connectivity index (χ1) is 13.9. The van der Waals surface area contributed by atoms with Crippen LogP contribution in [0.5, 0.6) is 0 Å². The van der Waals surface area contributed by atoms with Gasteiger partial charge in [0.15, 0.2) is 0 Å². The van der Waals surface area contributed by atoms with E-state index in [2.05, 4.69) is 10.6 Å². The zero-order valence-electron chi connectivity index (χ0n) is 16.1. The van der Waals surface area contributed by atoms with Crippen molar-refractivity contribution in [1.82, 2.24) is 15.5 Å². The second-order valence-corrected chi connectivity index (χ2v) is 8.93. The Kier molecular flexibility index (Phi) is 7.80. The van der Waals surface area contributed by atoms with Crippen molar-refractivity contribution in [2.24, 2.45) is 5.92 Å². The largest absolute Gasteiger partial charge is 0.481 e. The quantitative estimate of drug-likeness (QED) is 0.600. The number of aliphatic carboxylic acids is 1. The van der Waals surface area contributed by atoms with E-state index in [1.165, 1.54) is 0 Å². The molecule has 2 fully saturated rings. The topological polar surface area (TPSA) is 98.7 Å². The molecular formula is C20H26ClN3O4S. The van der Waals surface area contributed by atoms with E-state index in [4.69, 9.17) is 16.7 Å². The number of carboxylic acid groups (broad SMARTS) is 1. The van der Waals surface area contributed by atoms with Gasteiger partial charge in [0.1, 0.15) is 0 Å². The molecular weight excluding hydrogens is 414 g/mol. The number of carbonyl (C=O) groups excluding carboxylic acids is 2. The van der Waals surface area contributed by atoms with Crippen molar-refractivity contribution in [2.75, 3.05) is 31.3 Å². The Labute approximate surface area is 179 Å². The highest BCUT2D eigenvalue weighted by Gasteiger charge is 2.29. The number of benzene rings is 1. The fraction of sp³-hybridized carbons (Fsp3) is 0.550. The molecule has 0 radical (unpaired) electrons. The van der Waals surface area contributed by atoms with Crippen molar-refractivity contribution in [2.45, 2.75) is 31.2 Å². The summed E-state index contributed by atoms with van der Waals surface area (Å²) in [5.74, 6) is 0.106. The molecule has 1 unspecified atom stereocenters. The van der Waals surface area contributed by atoms with Crippen LogP contribution < -0.4 is 10.6 Å². The summed E-state index contributed by atoms with van der Waals surface area (Å²) in [6, 6.07) is 7.13. The molecule has 0 saturated carbocycles. The lowest BCUT2D eigenvalue weighted by Gasteiger charge is -2.31. The molecule has 3 N–H and O–H groups in total. The summed E-state index contributed by atoms with van der Waals surface area (Å²) >= 11 is 7.68. The fourth-order valence-corrected chi connectivity index (χ4v) is 4.74. The van der Waals surface area contributed by atoms with Gasteiger partial charge in [-0.2, -0.15) is 0 Å². The monoisotopic (exact) mass is 439 g/mol. The maximum Gasteiger partial charge on any atom is 0.306 e. The third-order valence-electron chi connectivity index (χ3n) is 5.51. The molecule has 2 amide bonds. The van der Waals surface area contributed by atoms with E-state index in [0.29, 0.717) is 37.5 Å². The summed E-state index contributed by atoms with van der Waals surface area (Å²) in [5, 5.41) is 15.9. The number of rotatable bonds is 7. The van der Waals surface area contributed by atoms with Crippen LogP contribution in [0, 0.1) is 5.92 Å². The summed E-state index contributed by atoms with van der Waals surface area (Å²) in [7, 11) is 0. The van der Waals surface area contributed by atoms with Gasteiger partial charge in [0.05, 0.1) is 12.0 Å². The lowest BCUT2D eigenvalue weighted by atomic mass is 9.93. The Balaban J connectivity index is 1.61. The summed E-state index contributed by atoms with van der Waals surface area (Å²) in [4.78, 5) is 38.1. The molecule has 7 nitrogen and oxygen atoms in total. The van der Waals surface area contributed by atoms with Crippen molar-refractivity contribution < 1.29 is 19.5 Å². The Hall–Kier alpha value is -1.77. The molecule has 2 saturated heterocycles. The number of carbonyl (C=O) groups is 3. The normalized spacial score (nSPS) is 21.0. The van der Waals surface area contributed by atoms with Crippen LogP contribution in [0.4, 0.5) is 0 Å². The van der Waals surface area contributed by atoms with Crippen LogP contribution in [0.3, 0.4) is 0 Å². The van der Waals surface area contributed by atoms with Gasteiger partial charge in [-0.1, -0.05) is 23.7 Å². The molecule has 0 spiro atoms. The number of amides is 2. The lowest BCUT2D eigenvalue weighted by molar-refractivity contribution is -0.145. The number of thioether (sulfide) groups is 1. The van der Waals surface area contributed by atoms with Gasteiger partial charge >= 0.3 is 5.97 Å². The number of nitrogens with zero attached hydrogens (tertiary/aromatic N) is 1. The maximum atomic E-state index is 12.9. The number of piperidine rings is 1. The summed E-state index contributed by atoms with van der Waals surface area (Å²) in [6.07, 6.45) is 1.22. The van der Waals surface area contributed by atoms with Crippen LogP contribution in [0.15, 0.2) is 24.3 Å². The van der Waals surface area contributed by atoms with E-state index in [-0.39, 0.29) is 36.1 Å². The second kappa shape index (κ2) is 10.3. The first kappa shape index (κ1) is 21.9. The average Bonchev–Trinajstić information content (AvgIpc) is 3.26. The minimum Gasteiger partial charge on any atom is -0.481 e. The van der Waals surface area contributed by atoms with Gasteiger partial charge in [0, 0.05) is 48.6 Å². The Morgan fingerprint density at radius 2 is 1.93 bits per heavy atom. The molecule has 9 heteroatoms. The molecule has 2 aliphatic heterocycles. The predicted molar refractivity (Wildman–Crippen MR) is 113 cm³/mol. The van der Waals surface area contributed by atoms with Gasteiger partial charge in [-0.15, -0.1) is 11.8 Å². The van der Waals surface area contributed by atoms with E-state index >= 15 is 0 Å². The number of hydrogen-bond acceptors (Lipinski definition) is 5. The SMILES string of the molecule is O=C(O)C1CCN(C(=O)CC(CNC(=O)[C@@H]2CSCN2)c2ccc(Cl)cc2)CC1. The molecule has 29 heavy (non-hydrogen) atoms. The Morgan fingerprint density at radius 3 is 2.52 bits per heavy atom. The first-order valence-corrected chi connectivity index (χ1v) is 11.3. The van der Waals surface area contributed by atoms with Gasteiger partial charge in [-0.25, -0.2) is 0 Å². The van der Waals surface area contributed by atoms with Crippen molar-refractivity contribution in [1.29, 1.82) is 0 Å². The third kappa shape index (κ3) is 6.10. The number of nitrogens with one attached hydrogen (secondary N) is 2. The summed E-state index contributed by atoms with van der Waals surface area (Å²) < 4.78 is 0. The molecule has 0 aliphatic carbocycles. The molecule has 2 aliphatic rings. The van der Waals surface area contributed by atoms with Crippen molar-refractivity contribution >= 4 is 41.1 Å². The Bertz CT molecular complexity index is 732. The minimum absolute atomic E-state index is 0.0161. The zero-order valence-corrected chi connectivity index (χ0v) is 17.7. The van der Waals surface area contributed by atoms with Gasteiger partial charge in [-0.05, 0) is 30.5 Å². The molecule has 1 aromatic rings. The number of likely N-dealkylation sites (tertiary alicyclic amines) is 1. The molecule has 0 aromatic heterocycles. The van der Waals surface area contributed by atoms with E-state index < -0.39 is 5.97 Å². The minimum atomic E-state index is -0.794. The summed E-state index contributed by atoms with van der Waals surface area (Å²) in [5.41, 5.74) is 0.942. The van der Waals surface area contributed by atoms with Crippen LogP contribution in [-0.2, 0) is 14.4 Å². The van der Waals surface area contributed by atoms with Crippen LogP contribution in [-0.4, -0.2) is 65.1 Å². The number of halogens is 1. The van der Waals surface area contributed by atoms with Crippen molar-refractivity contribution in [3.63, 3.8) is 0 Å². The molecule has 158 valence electrons. The zero-order chi connectivity index (χ0) is 20.8. The van der Waals surface area contributed by atoms with Crippen molar-refractivity contribution in [3.05, 3.63) is 34.9 Å². The van der Waals surface area contributed by atoms with Gasteiger partial charge in [0.2, 0.25) is 11.8 Å². The van der Waals surface area contributed by atoms with Crippen LogP contribution >= 0.6 is 23.4 Å². The number of hydrogen-bond donors (Lipinski definition) is 3. The molecule has 3 rings (SSSR count). The van der Waals surface area contributed by atoms with Crippen molar-refractivity contribution in [3.8, 4) is 0 Å². The van der Waals surface area contributed by atoms with E-state index in [9.17, 15) is 14.4 Å². The molecule has 2 atom stereocenters. The highest BCUT2D eigenvalue weighted by atomic mass is 35.5. The standard InChI is InChI=1S/C20H26ClN3O4S/c21-16-3-1-13(2-4-16)15(10-22-19(26)17-11-29-12-23-17)9-18(25)24-7-5-14(6-8-24)20(27)28/h1-4,14-15,17,23H,5-12H2,(H,22,26)(H,27,28)/t15?,17-/m0/s1. The lowest BCUT2D eigenvalue weighted by Crippen LogP contribution is -2.44.